The highest BCUT2D eigenvalue weighted by molar-refractivity contribution is 7.92. The third kappa shape index (κ3) is 2.74. The summed E-state index contributed by atoms with van der Waals surface area (Å²) in [6, 6.07) is 6.19. The maximum Gasteiger partial charge on any atom is 0.267 e. The number of anilines is 2. The third-order valence-corrected chi connectivity index (χ3v) is 3.85. The van der Waals surface area contributed by atoms with Gasteiger partial charge in [0.1, 0.15) is 10.7 Å². The molecule has 8 heteroatoms. The Balaban J connectivity index is 2.34. The molecule has 1 aromatic carbocycles. The fraction of sp³-hybridized carbons (Fsp3) is 0.0909. The maximum atomic E-state index is 12.0. The van der Waals surface area contributed by atoms with E-state index in [1.807, 2.05) is 0 Å². The molecule has 100 valence electrons. The van der Waals surface area contributed by atoms with Crippen molar-refractivity contribution >= 4 is 27.3 Å². The number of carbonyl (C=O) groups excluding carboxylic acids is 1. The number of ketones is 1. The molecule has 0 radical (unpaired) electrons. The van der Waals surface area contributed by atoms with Crippen molar-refractivity contribution in [2.75, 3.05) is 10.5 Å². The molecule has 7 nitrogen and oxygen atoms in total. The molecule has 0 amide bonds. The van der Waals surface area contributed by atoms with Gasteiger partial charge in [0, 0.05) is 11.3 Å². The summed E-state index contributed by atoms with van der Waals surface area (Å²) < 4.78 is 26.4. The summed E-state index contributed by atoms with van der Waals surface area (Å²) >= 11 is 0. The van der Waals surface area contributed by atoms with Gasteiger partial charge in [0.25, 0.3) is 10.0 Å². The Bertz CT molecular complexity index is 721. The second-order valence-electron chi connectivity index (χ2n) is 3.89. The highest BCUT2D eigenvalue weighted by atomic mass is 32.2. The van der Waals surface area contributed by atoms with Crippen LogP contribution in [-0.2, 0) is 10.0 Å². The minimum atomic E-state index is -3.82. The van der Waals surface area contributed by atoms with Crippen LogP contribution in [0.25, 0.3) is 0 Å². The zero-order valence-corrected chi connectivity index (χ0v) is 10.9. The van der Waals surface area contributed by atoms with Gasteiger partial charge < -0.3 is 5.73 Å². The first-order valence-corrected chi connectivity index (χ1v) is 6.81. The zero-order chi connectivity index (χ0) is 14.0. The van der Waals surface area contributed by atoms with E-state index in [9.17, 15) is 13.2 Å². The Kier molecular flexibility index (Phi) is 3.26. The van der Waals surface area contributed by atoms with Crippen molar-refractivity contribution in [1.82, 2.24) is 10.2 Å². The number of rotatable bonds is 4. The van der Waals surface area contributed by atoms with Crippen molar-refractivity contribution in [3.8, 4) is 0 Å². The van der Waals surface area contributed by atoms with E-state index in [1.165, 1.54) is 13.0 Å². The highest BCUT2D eigenvalue weighted by Gasteiger charge is 2.19. The maximum absolute atomic E-state index is 12.0. The van der Waals surface area contributed by atoms with Crippen LogP contribution in [0.2, 0.25) is 0 Å². The fourth-order valence-electron chi connectivity index (χ4n) is 1.51. The molecule has 4 N–H and O–H groups in total. The van der Waals surface area contributed by atoms with Gasteiger partial charge in [-0.2, -0.15) is 5.10 Å². The number of aromatic amines is 1. The van der Waals surface area contributed by atoms with E-state index in [0.29, 0.717) is 5.56 Å². The summed E-state index contributed by atoms with van der Waals surface area (Å²) in [5.41, 5.74) is 6.17. The van der Waals surface area contributed by atoms with E-state index < -0.39 is 10.0 Å². The van der Waals surface area contributed by atoms with Crippen molar-refractivity contribution in [2.45, 2.75) is 11.8 Å². The van der Waals surface area contributed by atoms with Gasteiger partial charge in [0.15, 0.2) is 5.78 Å². The molecule has 0 bridgehead atoms. The van der Waals surface area contributed by atoms with Crippen LogP contribution in [0.5, 0.6) is 0 Å². The van der Waals surface area contributed by atoms with E-state index in [-0.39, 0.29) is 22.2 Å². The van der Waals surface area contributed by atoms with Crippen molar-refractivity contribution < 1.29 is 13.2 Å². The molecule has 0 spiro atoms. The monoisotopic (exact) mass is 280 g/mol. The van der Waals surface area contributed by atoms with Crippen molar-refractivity contribution in [3.05, 3.63) is 36.0 Å². The second kappa shape index (κ2) is 4.73. The van der Waals surface area contributed by atoms with Crippen LogP contribution in [0.4, 0.5) is 11.5 Å². The molecule has 0 fully saturated rings. The van der Waals surface area contributed by atoms with E-state index >= 15 is 0 Å². The molecule has 2 rings (SSSR count). The zero-order valence-electron chi connectivity index (χ0n) is 10.0. The topological polar surface area (TPSA) is 118 Å². The number of nitrogen functional groups attached to an aromatic ring is 1. The standard InChI is InChI=1S/C11H12N4O3S/c1-7(16)8-3-2-4-9(5-8)15-19(17,18)10-6-13-14-11(10)12/h2-6,15H,1H3,(H3,12,13,14). The van der Waals surface area contributed by atoms with Crippen LogP contribution < -0.4 is 10.5 Å². The van der Waals surface area contributed by atoms with Gasteiger partial charge in [-0.25, -0.2) is 8.42 Å². The Labute approximate surface area is 109 Å². The number of sulfonamides is 1. The first-order chi connectivity index (χ1) is 8.90. The van der Waals surface area contributed by atoms with Gasteiger partial charge in [-0.1, -0.05) is 12.1 Å². The number of hydrogen-bond acceptors (Lipinski definition) is 5. The van der Waals surface area contributed by atoms with E-state index in [0.717, 1.165) is 6.20 Å². The molecule has 0 saturated heterocycles. The lowest BCUT2D eigenvalue weighted by Gasteiger charge is -2.07. The van der Waals surface area contributed by atoms with Gasteiger partial charge in [0.2, 0.25) is 0 Å². The molecule has 0 saturated carbocycles. The van der Waals surface area contributed by atoms with Gasteiger partial charge in [-0.05, 0) is 19.1 Å². The summed E-state index contributed by atoms with van der Waals surface area (Å²) in [6.07, 6.45) is 1.12. The van der Waals surface area contributed by atoms with E-state index in [1.54, 1.807) is 18.2 Å². The quantitative estimate of drug-likeness (QED) is 0.722. The molecule has 2 aromatic rings. The molecule has 0 aliphatic carbocycles. The van der Waals surface area contributed by atoms with Crippen molar-refractivity contribution in [3.63, 3.8) is 0 Å². The number of benzene rings is 1. The number of aromatic nitrogens is 2. The smallest absolute Gasteiger partial charge is 0.267 e. The van der Waals surface area contributed by atoms with Crippen molar-refractivity contribution in [1.29, 1.82) is 0 Å². The highest BCUT2D eigenvalue weighted by Crippen LogP contribution is 2.20. The molecule has 1 aromatic heterocycles. The van der Waals surface area contributed by atoms with Crippen molar-refractivity contribution in [2.24, 2.45) is 0 Å². The predicted octanol–water partition coefficient (Wildman–Crippen LogP) is 0.995. The average molecular weight is 280 g/mol. The fourth-order valence-corrected chi connectivity index (χ4v) is 2.58. The van der Waals surface area contributed by atoms with Gasteiger partial charge in [-0.3, -0.25) is 14.6 Å². The first kappa shape index (κ1) is 13.1. The number of Topliss-reactive ketones (excluding diaryl/α,β-unsaturated/α-hetero) is 1. The minimum Gasteiger partial charge on any atom is -0.383 e. The molecular formula is C11H12N4O3S. The van der Waals surface area contributed by atoms with Crippen LogP contribution in [-0.4, -0.2) is 24.4 Å². The molecule has 0 unspecified atom stereocenters. The van der Waals surface area contributed by atoms with Gasteiger partial charge >= 0.3 is 0 Å². The second-order valence-corrected chi connectivity index (χ2v) is 5.54. The molecule has 19 heavy (non-hydrogen) atoms. The number of nitrogens with zero attached hydrogens (tertiary/aromatic N) is 1. The Morgan fingerprint density at radius 2 is 2.16 bits per heavy atom. The number of H-pyrrole nitrogens is 1. The summed E-state index contributed by atoms with van der Waals surface area (Å²) in [6.45, 7) is 1.40. The van der Waals surface area contributed by atoms with Gasteiger partial charge in [0.05, 0.1) is 6.20 Å². The Hall–Kier alpha value is -2.35. The Morgan fingerprint density at radius 1 is 1.42 bits per heavy atom. The van der Waals surface area contributed by atoms with Crippen LogP contribution in [0.3, 0.4) is 0 Å². The van der Waals surface area contributed by atoms with E-state index in [4.69, 9.17) is 5.73 Å². The van der Waals surface area contributed by atoms with E-state index in [2.05, 4.69) is 14.9 Å². The average Bonchev–Trinajstić information content (AvgIpc) is 2.76. The third-order valence-electron chi connectivity index (χ3n) is 2.44. The summed E-state index contributed by atoms with van der Waals surface area (Å²) in [7, 11) is -3.82. The number of nitrogens with one attached hydrogen (secondary N) is 2. The van der Waals surface area contributed by atoms with Crippen LogP contribution >= 0.6 is 0 Å². The largest absolute Gasteiger partial charge is 0.383 e. The first-order valence-electron chi connectivity index (χ1n) is 5.33. The molecule has 0 aliphatic rings. The normalized spacial score (nSPS) is 11.2. The molecule has 0 aliphatic heterocycles. The summed E-state index contributed by atoms with van der Waals surface area (Å²) in [5.74, 6) is -0.195. The lowest BCUT2D eigenvalue weighted by molar-refractivity contribution is 0.101. The minimum absolute atomic E-state index is 0.0461. The molecular weight excluding hydrogens is 268 g/mol. The molecule has 1 heterocycles. The van der Waals surface area contributed by atoms with Crippen LogP contribution in [0, 0.1) is 0 Å². The summed E-state index contributed by atoms with van der Waals surface area (Å²) in [4.78, 5) is 11.1. The van der Waals surface area contributed by atoms with Gasteiger partial charge in [-0.15, -0.1) is 0 Å². The predicted molar refractivity (Wildman–Crippen MR) is 70.3 cm³/mol. The Morgan fingerprint density at radius 3 is 2.74 bits per heavy atom. The van der Waals surface area contributed by atoms with Crippen LogP contribution in [0.1, 0.15) is 17.3 Å². The number of nitrogens with two attached hydrogens (primary N) is 1. The lowest BCUT2D eigenvalue weighted by atomic mass is 10.1. The lowest BCUT2D eigenvalue weighted by Crippen LogP contribution is -2.14. The molecule has 0 atom stereocenters. The SMILES string of the molecule is CC(=O)c1cccc(NS(=O)(=O)c2cn[nH]c2N)c1. The summed E-state index contributed by atoms with van der Waals surface area (Å²) in [5, 5.41) is 5.90. The number of carbonyl (C=O) groups is 1. The number of hydrogen-bond donors (Lipinski definition) is 3. The van der Waals surface area contributed by atoms with Crippen LogP contribution in [0.15, 0.2) is 35.4 Å².